The summed E-state index contributed by atoms with van der Waals surface area (Å²) in [5.74, 6) is -0.692. The lowest BCUT2D eigenvalue weighted by atomic mass is 10.3. The highest BCUT2D eigenvalue weighted by atomic mass is 79.9. The number of benzene rings is 1. The molecule has 0 aliphatic rings. The van der Waals surface area contributed by atoms with Crippen molar-refractivity contribution in [2.24, 2.45) is 5.73 Å². The van der Waals surface area contributed by atoms with Crippen LogP contribution in [-0.2, 0) is 4.79 Å². The molecule has 6 heteroatoms. The third-order valence-electron chi connectivity index (χ3n) is 2.64. The van der Waals surface area contributed by atoms with E-state index in [9.17, 15) is 9.18 Å². The first-order valence-electron chi connectivity index (χ1n) is 5.49. The van der Waals surface area contributed by atoms with Crippen LogP contribution in [0.15, 0.2) is 22.7 Å². The largest absolute Gasteiger partial charge is 0.481 e. The average molecular weight is 319 g/mol. The number of rotatable bonds is 5. The normalized spacial score (nSPS) is 12.1. The van der Waals surface area contributed by atoms with Crippen LogP contribution < -0.4 is 10.5 Å². The van der Waals surface area contributed by atoms with Gasteiger partial charge >= 0.3 is 0 Å². The van der Waals surface area contributed by atoms with Gasteiger partial charge in [-0.2, -0.15) is 0 Å². The van der Waals surface area contributed by atoms with Crippen molar-refractivity contribution >= 4 is 21.8 Å². The number of amides is 1. The predicted molar refractivity (Wildman–Crippen MR) is 70.9 cm³/mol. The van der Waals surface area contributed by atoms with Crippen molar-refractivity contribution in [3.05, 3.63) is 28.5 Å². The van der Waals surface area contributed by atoms with Gasteiger partial charge in [0.1, 0.15) is 0 Å². The Labute approximate surface area is 114 Å². The molecule has 0 bridgehead atoms. The molecule has 18 heavy (non-hydrogen) atoms. The van der Waals surface area contributed by atoms with Crippen molar-refractivity contribution in [1.29, 1.82) is 0 Å². The number of nitrogens with zero attached hydrogens (tertiary/aromatic N) is 1. The standard InChI is InChI=1S/C12H16BrFN2O2/c1-8(6-15)16(2)12(17)7-18-11-4-3-9(13)5-10(11)14/h3-5,8H,6-7,15H2,1-2H3. The summed E-state index contributed by atoms with van der Waals surface area (Å²) in [6.07, 6.45) is 0. The topological polar surface area (TPSA) is 55.6 Å². The van der Waals surface area contributed by atoms with Crippen molar-refractivity contribution < 1.29 is 13.9 Å². The zero-order valence-electron chi connectivity index (χ0n) is 10.3. The smallest absolute Gasteiger partial charge is 0.260 e. The second-order valence-corrected chi connectivity index (χ2v) is 4.87. The number of halogens is 2. The lowest BCUT2D eigenvalue weighted by Gasteiger charge is -2.23. The quantitative estimate of drug-likeness (QED) is 0.900. The summed E-state index contributed by atoms with van der Waals surface area (Å²) in [5, 5.41) is 0. The molecule has 1 amide bonds. The van der Waals surface area contributed by atoms with E-state index < -0.39 is 5.82 Å². The number of ether oxygens (including phenoxy) is 1. The molecule has 1 atom stereocenters. The van der Waals surface area contributed by atoms with Crippen LogP contribution in [0.1, 0.15) is 6.92 Å². The van der Waals surface area contributed by atoms with Crippen LogP contribution >= 0.6 is 15.9 Å². The Morgan fingerprint density at radius 2 is 2.28 bits per heavy atom. The molecule has 1 rings (SSSR count). The van der Waals surface area contributed by atoms with Crippen LogP contribution in [0.25, 0.3) is 0 Å². The Balaban J connectivity index is 2.57. The summed E-state index contributed by atoms with van der Waals surface area (Å²) >= 11 is 3.14. The molecule has 4 nitrogen and oxygen atoms in total. The lowest BCUT2D eigenvalue weighted by Crippen LogP contribution is -2.42. The van der Waals surface area contributed by atoms with Gasteiger partial charge in [-0.25, -0.2) is 4.39 Å². The molecule has 0 aliphatic heterocycles. The van der Waals surface area contributed by atoms with Crippen molar-refractivity contribution in [3.8, 4) is 5.75 Å². The van der Waals surface area contributed by atoms with Gasteiger partial charge in [0.2, 0.25) is 0 Å². The summed E-state index contributed by atoms with van der Waals surface area (Å²) < 4.78 is 19.2. The molecule has 0 aromatic heterocycles. The Kier molecular flexibility index (Phi) is 5.55. The number of carbonyl (C=O) groups is 1. The Hall–Kier alpha value is -1.14. The molecule has 0 heterocycles. The van der Waals surface area contributed by atoms with Crippen LogP contribution in [0.4, 0.5) is 4.39 Å². The van der Waals surface area contributed by atoms with Crippen molar-refractivity contribution in [2.75, 3.05) is 20.2 Å². The first-order chi connectivity index (χ1) is 8.45. The van der Waals surface area contributed by atoms with E-state index in [1.807, 2.05) is 6.92 Å². The molecule has 1 aromatic carbocycles. The molecule has 0 fully saturated rings. The molecule has 0 spiro atoms. The summed E-state index contributed by atoms with van der Waals surface area (Å²) in [4.78, 5) is 13.2. The van der Waals surface area contributed by atoms with E-state index in [0.29, 0.717) is 11.0 Å². The van der Waals surface area contributed by atoms with E-state index in [-0.39, 0.29) is 24.3 Å². The van der Waals surface area contributed by atoms with E-state index in [1.54, 1.807) is 13.1 Å². The zero-order chi connectivity index (χ0) is 13.7. The summed E-state index contributed by atoms with van der Waals surface area (Å²) in [7, 11) is 1.64. The average Bonchev–Trinajstić information content (AvgIpc) is 2.35. The first kappa shape index (κ1) is 14.9. The van der Waals surface area contributed by atoms with Gasteiger partial charge in [-0.05, 0) is 25.1 Å². The second-order valence-electron chi connectivity index (χ2n) is 3.95. The van der Waals surface area contributed by atoms with E-state index in [4.69, 9.17) is 10.5 Å². The van der Waals surface area contributed by atoms with Gasteiger partial charge in [0.25, 0.3) is 5.91 Å². The maximum Gasteiger partial charge on any atom is 0.260 e. The molecule has 1 unspecified atom stereocenters. The monoisotopic (exact) mass is 318 g/mol. The Morgan fingerprint density at radius 1 is 1.61 bits per heavy atom. The van der Waals surface area contributed by atoms with Crippen LogP contribution in [0.3, 0.4) is 0 Å². The molecule has 0 saturated heterocycles. The molecule has 0 aliphatic carbocycles. The van der Waals surface area contributed by atoms with Crippen LogP contribution in [0.5, 0.6) is 5.75 Å². The highest BCUT2D eigenvalue weighted by molar-refractivity contribution is 9.10. The molecule has 2 N–H and O–H groups in total. The maximum atomic E-state index is 13.4. The third kappa shape index (κ3) is 3.96. The molecule has 100 valence electrons. The molecule has 0 radical (unpaired) electrons. The van der Waals surface area contributed by atoms with E-state index in [1.165, 1.54) is 17.0 Å². The van der Waals surface area contributed by atoms with Crippen LogP contribution in [0, 0.1) is 5.82 Å². The predicted octanol–water partition coefficient (Wildman–Crippen LogP) is 1.77. The van der Waals surface area contributed by atoms with Gasteiger partial charge < -0.3 is 15.4 Å². The van der Waals surface area contributed by atoms with Gasteiger partial charge in [-0.3, -0.25) is 4.79 Å². The maximum absolute atomic E-state index is 13.4. The van der Waals surface area contributed by atoms with Gasteiger partial charge in [0.05, 0.1) is 0 Å². The first-order valence-corrected chi connectivity index (χ1v) is 6.28. The molecular weight excluding hydrogens is 303 g/mol. The van der Waals surface area contributed by atoms with Crippen LogP contribution in [0.2, 0.25) is 0 Å². The number of nitrogens with two attached hydrogens (primary N) is 1. The molecule has 0 saturated carbocycles. The second kappa shape index (κ2) is 6.70. The zero-order valence-corrected chi connectivity index (χ0v) is 11.9. The highest BCUT2D eigenvalue weighted by Crippen LogP contribution is 2.21. The highest BCUT2D eigenvalue weighted by Gasteiger charge is 2.15. The fourth-order valence-corrected chi connectivity index (χ4v) is 1.57. The summed E-state index contributed by atoms with van der Waals surface area (Å²) in [5.41, 5.74) is 5.46. The van der Waals surface area contributed by atoms with Gasteiger partial charge in [-0.15, -0.1) is 0 Å². The lowest BCUT2D eigenvalue weighted by molar-refractivity contribution is -0.133. The summed E-state index contributed by atoms with van der Waals surface area (Å²) in [6.45, 7) is 1.99. The third-order valence-corrected chi connectivity index (χ3v) is 3.13. The molecule has 1 aromatic rings. The molecular formula is C12H16BrFN2O2. The SMILES string of the molecule is CC(CN)N(C)C(=O)COc1ccc(Br)cc1F. The Morgan fingerprint density at radius 3 is 2.83 bits per heavy atom. The fraction of sp³-hybridized carbons (Fsp3) is 0.417. The number of hydrogen-bond donors (Lipinski definition) is 1. The number of likely N-dealkylation sites (N-methyl/N-ethyl adjacent to an activating group) is 1. The van der Waals surface area contributed by atoms with Gasteiger partial charge in [0.15, 0.2) is 18.2 Å². The van der Waals surface area contributed by atoms with Crippen LogP contribution in [-0.4, -0.2) is 37.0 Å². The van der Waals surface area contributed by atoms with E-state index in [2.05, 4.69) is 15.9 Å². The van der Waals surface area contributed by atoms with Gasteiger partial charge in [0, 0.05) is 24.1 Å². The number of hydrogen-bond acceptors (Lipinski definition) is 3. The Bertz CT molecular complexity index is 429. The van der Waals surface area contributed by atoms with Crippen molar-refractivity contribution in [1.82, 2.24) is 4.90 Å². The minimum Gasteiger partial charge on any atom is -0.481 e. The van der Waals surface area contributed by atoms with Crippen molar-refractivity contribution in [2.45, 2.75) is 13.0 Å². The summed E-state index contributed by atoms with van der Waals surface area (Å²) in [6, 6.07) is 4.33. The fourth-order valence-electron chi connectivity index (χ4n) is 1.24. The minimum absolute atomic E-state index is 0.0559. The van der Waals surface area contributed by atoms with Crippen molar-refractivity contribution in [3.63, 3.8) is 0 Å². The number of carbonyl (C=O) groups excluding carboxylic acids is 1. The minimum atomic E-state index is -0.508. The van der Waals surface area contributed by atoms with E-state index >= 15 is 0 Å². The van der Waals surface area contributed by atoms with Gasteiger partial charge in [-0.1, -0.05) is 15.9 Å². The van der Waals surface area contributed by atoms with E-state index in [0.717, 1.165) is 0 Å².